The first kappa shape index (κ1) is 29.0. The smallest absolute Gasteiger partial charge is 0.399 e. The predicted molar refractivity (Wildman–Crippen MR) is 189 cm³/mol. The van der Waals surface area contributed by atoms with E-state index in [1.54, 1.807) is 0 Å². The van der Waals surface area contributed by atoms with Crippen molar-refractivity contribution in [1.29, 1.82) is 0 Å². The molecule has 0 bridgehead atoms. The third-order valence-corrected chi connectivity index (χ3v) is 9.35. The van der Waals surface area contributed by atoms with Crippen LogP contribution in [0.2, 0.25) is 0 Å². The van der Waals surface area contributed by atoms with E-state index < -0.39 is 18.3 Å². The Hall–Kier alpha value is -4.70. The SMILES string of the molecule is CC1(C)OB(c2cccc(-c3cc(-c4ccccc4)c(-c4ccccc4)c(-c4ccccc4)c3)c2-c2ccccc2)OC1(C)C. The minimum Gasteiger partial charge on any atom is -0.399 e. The second-order valence-corrected chi connectivity index (χ2v) is 12.8. The number of hydrogen-bond acceptors (Lipinski definition) is 2. The highest BCUT2D eigenvalue weighted by atomic mass is 16.7. The van der Waals surface area contributed by atoms with Crippen molar-refractivity contribution in [3.63, 3.8) is 0 Å². The Kier molecular flexibility index (Phi) is 7.53. The van der Waals surface area contributed by atoms with Gasteiger partial charge in [-0.25, -0.2) is 0 Å². The molecule has 220 valence electrons. The van der Waals surface area contributed by atoms with Crippen molar-refractivity contribution in [2.45, 2.75) is 38.9 Å². The largest absolute Gasteiger partial charge is 0.495 e. The van der Waals surface area contributed by atoms with Crippen molar-refractivity contribution in [2.75, 3.05) is 0 Å². The Balaban J connectivity index is 1.54. The summed E-state index contributed by atoms with van der Waals surface area (Å²) >= 11 is 0. The van der Waals surface area contributed by atoms with Crippen molar-refractivity contribution >= 4 is 12.6 Å². The standard InChI is InChI=1S/C42H37BO2/c1-41(2)42(3,4)45-43(44-41)38-27-17-26-35(40(38)33-24-15-8-16-25-33)34-28-36(30-18-9-5-10-19-30)39(32-22-13-7-14-23-32)37(29-34)31-20-11-6-12-21-31/h5-29H,1-4H3. The van der Waals surface area contributed by atoms with E-state index in [0.29, 0.717) is 0 Å². The van der Waals surface area contributed by atoms with Gasteiger partial charge in [-0.2, -0.15) is 0 Å². The van der Waals surface area contributed by atoms with Gasteiger partial charge in [0.2, 0.25) is 0 Å². The van der Waals surface area contributed by atoms with Gasteiger partial charge in [-0.15, -0.1) is 0 Å². The summed E-state index contributed by atoms with van der Waals surface area (Å²) in [5.74, 6) is 0. The van der Waals surface area contributed by atoms with Crippen LogP contribution in [0.1, 0.15) is 27.7 Å². The second-order valence-electron chi connectivity index (χ2n) is 12.8. The summed E-state index contributed by atoms with van der Waals surface area (Å²) in [6.45, 7) is 8.44. The Morgan fingerprint density at radius 2 is 0.778 bits per heavy atom. The molecular formula is C42H37BO2. The first-order valence-corrected chi connectivity index (χ1v) is 15.7. The first-order chi connectivity index (χ1) is 21.8. The molecule has 0 atom stereocenters. The summed E-state index contributed by atoms with van der Waals surface area (Å²) in [4.78, 5) is 0. The lowest BCUT2D eigenvalue weighted by atomic mass is 9.72. The molecule has 0 aromatic heterocycles. The van der Waals surface area contributed by atoms with E-state index in [1.807, 2.05) is 0 Å². The molecule has 1 saturated heterocycles. The fourth-order valence-corrected chi connectivity index (χ4v) is 6.31. The maximum absolute atomic E-state index is 6.64. The van der Waals surface area contributed by atoms with Crippen LogP contribution in [0.4, 0.5) is 0 Å². The fourth-order valence-electron chi connectivity index (χ4n) is 6.31. The van der Waals surface area contributed by atoms with Crippen molar-refractivity contribution in [2.24, 2.45) is 0 Å². The molecule has 6 aromatic rings. The second kappa shape index (κ2) is 11.7. The lowest BCUT2D eigenvalue weighted by molar-refractivity contribution is 0.00578. The summed E-state index contributed by atoms with van der Waals surface area (Å²) in [7, 11) is -0.490. The Morgan fingerprint density at radius 3 is 1.22 bits per heavy atom. The van der Waals surface area contributed by atoms with E-state index in [0.717, 1.165) is 27.7 Å². The van der Waals surface area contributed by atoms with Crippen LogP contribution < -0.4 is 5.46 Å². The lowest BCUT2D eigenvalue weighted by Gasteiger charge is -2.32. The molecule has 2 nitrogen and oxygen atoms in total. The normalized spacial score (nSPS) is 15.2. The number of benzene rings is 6. The van der Waals surface area contributed by atoms with Gasteiger partial charge in [0, 0.05) is 0 Å². The van der Waals surface area contributed by atoms with Gasteiger partial charge >= 0.3 is 7.12 Å². The van der Waals surface area contributed by atoms with Crippen LogP contribution in [0.15, 0.2) is 152 Å². The molecule has 0 amide bonds. The predicted octanol–water partition coefficient (Wildman–Crippen LogP) is 10.3. The van der Waals surface area contributed by atoms with E-state index in [1.165, 1.54) is 33.4 Å². The summed E-state index contributed by atoms with van der Waals surface area (Å²) < 4.78 is 13.3. The van der Waals surface area contributed by atoms with Crippen LogP contribution in [0.3, 0.4) is 0 Å². The highest BCUT2D eigenvalue weighted by Gasteiger charge is 2.52. The molecule has 0 N–H and O–H groups in total. The van der Waals surface area contributed by atoms with Gasteiger partial charge in [-0.3, -0.25) is 0 Å². The molecule has 0 saturated carbocycles. The summed E-state index contributed by atoms with van der Waals surface area (Å²) in [5, 5.41) is 0. The Morgan fingerprint density at radius 1 is 0.378 bits per heavy atom. The van der Waals surface area contributed by atoms with Crippen molar-refractivity contribution < 1.29 is 9.31 Å². The van der Waals surface area contributed by atoms with E-state index in [-0.39, 0.29) is 0 Å². The molecule has 0 radical (unpaired) electrons. The topological polar surface area (TPSA) is 18.5 Å². The zero-order valence-corrected chi connectivity index (χ0v) is 26.3. The van der Waals surface area contributed by atoms with Gasteiger partial charge in [-0.1, -0.05) is 140 Å². The van der Waals surface area contributed by atoms with Gasteiger partial charge in [0.15, 0.2) is 0 Å². The molecule has 0 spiro atoms. The van der Waals surface area contributed by atoms with Crippen LogP contribution in [-0.2, 0) is 9.31 Å². The van der Waals surface area contributed by atoms with Gasteiger partial charge < -0.3 is 9.31 Å². The molecule has 0 aliphatic carbocycles. The molecule has 3 heteroatoms. The molecule has 1 aliphatic rings. The molecule has 1 fully saturated rings. The maximum Gasteiger partial charge on any atom is 0.495 e. The Labute approximate surface area is 267 Å². The van der Waals surface area contributed by atoms with Crippen molar-refractivity contribution in [1.82, 2.24) is 0 Å². The van der Waals surface area contributed by atoms with Gasteiger partial charge in [-0.05, 0) is 101 Å². The molecule has 1 aliphatic heterocycles. The zero-order valence-electron chi connectivity index (χ0n) is 26.3. The Bertz CT molecular complexity index is 1860. The van der Waals surface area contributed by atoms with Crippen LogP contribution in [0, 0.1) is 0 Å². The van der Waals surface area contributed by atoms with Crippen molar-refractivity contribution in [3.05, 3.63) is 152 Å². The number of rotatable bonds is 6. The van der Waals surface area contributed by atoms with Crippen LogP contribution in [0.5, 0.6) is 0 Å². The van der Waals surface area contributed by atoms with E-state index >= 15 is 0 Å². The highest BCUT2D eigenvalue weighted by Crippen LogP contribution is 2.45. The van der Waals surface area contributed by atoms with Crippen LogP contribution in [0.25, 0.3) is 55.6 Å². The monoisotopic (exact) mass is 584 g/mol. The molecule has 1 heterocycles. The molecule has 45 heavy (non-hydrogen) atoms. The molecule has 0 unspecified atom stereocenters. The zero-order chi connectivity index (χ0) is 31.0. The minimum atomic E-state index is -0.490. The van der Waals surface area contributed by atoms with Gasteiger partial charge in [0.05, 0.1) is 11.2 Å². The van der Waals surface area contributed by atoms with Crippen molar-refractivity contribution in [3.8, 4) is 55.6 Å². The number of hydrogen-bond donors (Lipinski definition) is 0. The van der Waals surface area contributed by atoms with Gasteiger partial charge in [0.25, 0.3) is 0 Å². The summed E-state index contributed by atoms with van der Waals surface area (Å²) in [6, 6.07) is 54.1. The molecule has 7 rings (SSSR count). The quantitative estimate of drug-likeness (QED) is 0.181. The average Bonchev–Trinajstić information content (AvgIpc) is 3.31. The van der Waals surface area contributed by atoms with Gasteiger partial charge in [0.1, 0.15) is 0 Å². The summed E-state index contributed by atoms with van der Waals surface area (Å²) in [5.41, 5.74) is 11.8. The summed E-state index contributed by atoms with van der Waals surface area (Å²) in [6.07, 6.45) is 0. The maximum atomic E-state index is 6.64. The van der Waals surface area contributed by atoms with E-state index in [4.69, 9.17) is 9.31 Å². The minimum absolute atomic E-state index is 0.445. The van der Waals surface area contributed by atoms with Crippen LogP contribution >= 0.6 is 0 Å². The van der Waals surface area contributed by atoms with Crippen LogP contribution in [-0.4, -0.2) is 18.3 Å². The molecule has 6 aromatic carbocycles. The molecular weight excluding hydrogens is 547 g/mol. The average molecular weight is 585 g/mol. The van der Waals surface area contributed by atoms with E-state index in [9.17, 15) is 0 Å². The third-order valence-electron chi connectivity index (χ3n) is 9.35. The fraction of sp³-hybridized carbons (Fsp3) is 0.143. The first-order valence-electron chi connectivity index (χ1n) is 15.7. The lowest BCUT2D eigenvalue weighted by Crippen LogP contribution is -2.41. The third kappa shape index (κ3) is 5.44. The highest BCUT2D eigenvalue weighted by molar-refractivity contribution is 6.64. The van der Waals surface area contributed by atoms with E-state index in [2.05, 4.69) is 179 Å².